The average molecular weight is 378 g/mol. The highest BCUT2D eigenvalue weighted by atomic mass is 19.1. The van der Waals surface area contributed by atoms with Gasteiger partial charge in [-0.2, -0.15) is 4.98 Å². The first-order chi connectivity index (χ1) is 13.7. The third kappa shape index (κ3) is 4.36. The summed E-state index contributed by atoms with van der Waals surface area (Å²) < 4.78 is 13.1. The van der Waals surface area contributed by atoms with Crippen molar-refractivity contribution in [3.05, 3.63) is 71.9 Å². The molecule has 4 rings (SSSR count). The lowest BCUT2D eigenvalue weighted by molar-refractivity contribution is 0.623. The van der Waals surface area contributed by atoms with Crippen LogP contribution in [0.3, 0.4) is 0 Å². The molecule has 1 N–H and O–H groups in total. The lowest BCUT2D eigenvalue weighted by Crippen LogP contribution is -2.47. The number of nitrogens with one attached hydrogen (secondary N) is 1. The molecule has 3 aromatic rings. The molecule has 2 aromatic heterocycles. The van der Waals surface area contributed by atoms with Gasteiger partial charge >= 0.3 is 0 Å². The number of rotatable bonds is 5. The van der Waals surface area contributed by atoms with E-state index in [0.717, 1.165) is 55.0 Å². The van der Waals surface area contributed by atoms with Gasteiger partial charge in [0.2, 0.25) is 5.95 Å². The van der Waals surface area contributed by atoms with E-state index in [1.54, 1.807) is 6.20 Å². The first-order valence-corrected chi connectivity index (χ1v) is 9.42. The van der Waals surface area contributed by atoms with E-state index in [1.807, 2.05) is 43.3 Å². The first kappa shape index (κ1) is 18.2. The number of hydrogen-bond donors (Lipinski definition) is 1. The summed E-state index contributed by atoms with van der Waals surface area (Å²) >= 11 is 0. The SMILES string of the molecule is Cc1cc(NCc2ccccn2)nc(N2CCN(c3ccc(F)cc3)CC2)n1. The summed E-state index contributed by atoms with van der Waals surface area (Å²) in [7, 11) is 0. The molecular formula is C21H23FN6. The normalized spacial score (nSPS) is 14.2. The van der Waals surface area contributed by atoms with E-state index in [1.165, 1.54) is 12.1 Å². The Morgan fingerprint density at radius 3 is 2.43 bits per heavy atom. The second kappa shape index (κ2) is 8.21. The van der Waals surface area contributed by atoms with E-state index >= 15 is 0 Å². The molecule has 0 atom stereocenters. The van der Waals surface area contributed by atoms with Gasteiger partial charge in [-0.25, -0.2) is 9.37 Å². The third-order valence-electron chi connectivity index (χ3n) is 4.77. The monoisotopic (exact) mass is 378 g/mol. The van der Waals surface area contributed by atoms with Gasteiger partial charge in [0.05, 0.1) is 12.2 Å². The maximum atomic E-state index is 13.1. The van der Waals surface area contributed by atoms with Crippen LogP contribution in [0.2, 0.25) is 0 Å². The Kier molecular flexibility index (Phi) is 5.32. The number of anilines is 3. The number of halogens is 1. The van der Waals surface area contributed by atoms with Crippen LogP contribution in [0.1, 0.15) is 11.4 Å². The van der Waals surface area contributed by atoms with E-state index < -0.39 is 0 Å². The van der Waals surface area contributed by atoms with Gasteiger partial charge in [-0.05, 0) is 43.3 Å². The molecule has 0 radical (unpaired) electrons. The smallest absolute Gasteiger partial charge is 0.227 e. The fourth-order valence-electron chi connectivity index (χ4n) is 3.29. The van der Waals surface area contributed by atoms with Crippen molar-refractivity contribution in [1.29, 1.82) is 0 Å². The van der Waals surface area contributed by atoms with Crippen LogP contribution in [0.25, 0.3) is 0 Å². The number of benzene rings is 1. The molecule has 6 nitrogen and oxygen atoms in total. The van der Waals surface area contributed by atoms with Crippen LogP contribution in [0.4, 0.5) is 21.8 Å². The maximum Gasteiger partial charge on any atom is 0.227 e. The summed E-state index contributed by atoms with van der Waals surface area (Å²) in [5.74, 6) is 1.33. The molecular weight excluding hydrogens is 355 g/mol. The zero-order chi connectivity index (χ0) is 19.3. The molecule has 7 heteroatoms. The van der Waals surface area contributed by atoms with Crippen molar-refractivity contribution in [3.63, 3.8) is 0 Å². The number of pyridine rings is 1. The van der Waals surface area contributed by atoms with Crippen molar-refractivity contribution < 1.29 is 4.39 Å². The van der Waals surface area contributed by atoms with E-state index in [0.29, 0.717) is 6.54 Å². The Hall–Kier alpha value is -3.22. The van der Waals surface area contributed by atoms with Crippen molar-refractivity contribution >= 4 is 17.5 Å². The molecule has 3 heterocycles. The van der Waals surface area contributed by atoms with E-state index in [2.05, 4.69) is 30.1 Å². The van der Waals surface area contributed by atoms with Gasteiger partial charge in [-0.1, -0.05) is 6.07 Å². The minimum atomic E-state index is -0.207. The number of aromatic nitrogens is 3. The molecule has 0 saturated carbocycles. The van der Waals surface area contributed by atoms with Gasteiger partial charge in [0, 0.05) is 49.8 Å². The van der Waals surface area contributed by atoms with E-state index in [-0.39, 0.29) is 5.82 Å². The Bertz CT molecular complexity index is 908. The third-order valence-corrected chi connectivity index (χ3v) is 4.77. The predicted molar refractivity (Wildman–Crippen MR) is 109 cm³/mol. The topological polar surface area (TPSA) is 57.2 Å². The second-order valence-electron chi connectivity index (χ2n) is 6.82. The highest BCUT2D eigenvalue weighted by Crippen LogP contribution is 2.20. The number of hydrogen-bond acceptors (Lipinski definition) is 6. The molecule has 28 heavy (non-hydrogen) atoms. The maximum absolute atomic E-state index is 13.1. The summed E-state index contributed by atoms with van der Waals surface area (Å²) in [5, 5.41) is 3.33. The highest BCUT2D eigenvalue weighted by molar-refractivity contribution is 5.49. The molecule has 1 fully saturated rings. The largest absolute Gasteiger partial charge is 0.368 e. The average Bonchev–Trinajstić information content (AvgIpc) is 2.73. The Balaban J connectivity index is 1.40. The zero-order valence-corrected chi connectivity index (χ0v) is 15.8. The van der Waals surface area contributed by atoms with Gasteiger partial charge in [0.1, 0.15) is 11.6 Å². The summed E-state index contributed by atoms with van der Waals surface area (Å²) in [6, 6.07) is 14.5. The van der Waals surface area contributed by atoms with Crippen LogP contribution in [0, 0.1) is 12.7 Å². The lowest BCUT2D eigenvalue weighted by atomic mass is 10.2. The van der Waals surface area contributed by atoms with Crippen molar-refractivity contribution in [2.45, 2.75) is 13.5 Å². The minimum absolute atomic E-state index is 0.207. The molecule has 144 valence electrons. The first-order valence-electron chi connectivity index (χ1n) is 9.42. The van der Waals surface area contributed by atoms with Crippen molar-refractivity contribution in [1.82, 2.24) is 15.0 Å². The highest BCUT2D eigenvalue weighted by Gasteiger charge is 2.20. The lowest BCUT2D eigenvalue weighted by Gasteiger charge is -2.36. The van der Waals surface area contributed by atoms with Crippen LogP contribution in [-0.2, 0) is 6.54 Å². The Morgan fingerprint density at radius 2 is 1.71 bits per heavy atom. The standard InChI is InChI=1S/C21H23FN6/c1-16-14-20(24-15-18-4-2-3-9-23-18)26-21(25-16)28-12-10-27(11-13-28)19-7-5-17(22)6-8-19/h2-9,14H,10-13,15H2,1H3,(H,24,25,26). The van der Waals surface area contributed by atoms with Gasteiger partial charge in [-0.3, -0.25) is 4.98 Å². The molecule has 0 amide bonds. The number of nitrogens with zero attached hydrogens (tertiary/aromatic N) is 5. The van der Waals surface area contributed by atoms with Crippen LogP contribution >= 0.6 is 0 Å². The van der Waals surface area contributed by atoms with Gasteiger partial charge in [-0.15, -0.1) is 0 Å². The summed E-state index contributed by atoms with van der Waals surface area (Å²) in [6.45, 7) is 5.93. The molecule has 0 bridgehead atoms. The summed E-state index contributed by atoms with van der Waals surface area (Å²) in [4.78, 5) is 18.1. The molecule has 0 aliphatic carbocycles. The van der Waals surface area contributed by atoms with Crippen LogP contribution in [0.5, 0.6) is 0 Å². The quantitative estimate of drug-likeness (QED) is 0.736. The summed E-state index contributed by atoms with van der Waals surface area (Å²) in [6.07, 6.45) is 1.79. The zero-order valence-electron chi connectivity index (χ0n) is 15.8. The summed E-state index contributed by atoms with van der Waals surface area (Å²) in [5.41, 5.74) is 2.94. The van der Waals surface area contributed by atoms with Crippen molar-refractivity contribution in [3.8, 4) is 0 Å². The Labute approximate surface area is 164 Å². The number of aryl methyl sites for hydroxylation is 1. The van der Waals surface area contributed by atoms with Gasteiger partial charge in [0.15, 0.2) is 0 Å². The molecule has 1 aromatic carbocycles. The molecule has 1 aliphatic rings. The minimum Gasteiger partial charge on any atom is -0.368 e. The van der Waals surface area contributed by atoms with Gasteiger partial charge < -0.3 is 15.1 Å². The fraction of sp³-hybridized carbons (Fsp3) is 0.286. The van der Waals surface area contributed by atoms with E-state index in [9.17, 15) is 4.39 Å². The van der Waals surface area contributed by atoms with Crippen molar-refractivity contribution in [2.24, 2.45) is 0 Å². The fourth-order valence-corrected chi connectivity index (χ4v) is 3.29. The number of piperazine rings is 1. The van der Waals surface area contributed by atoms with Crippen molar-refractivity contribution in [2.75, 3.05) is 41.3 Å². The van der Waals surface area contributed by atoms with Gasteiger partial charge in [0.25, 0.3) is 0 Å². The van der Waals surface area contributed by atoms with Crippen LogP contribution < -0.4 is 15.1 Å². The molecule has 1 saturated heterocycles. The second-order valence-corrected chi connectivity index (χ2v) is 6.82. The predicted octanol–water partition coefficient (Wildman–Crippen LogP) is 3.26. The van der Waals surface area contributed by atoms with E-state index in [4.69, 9.17) is 0 Å². The molecule has 1 aliphatic heterocycles. The Morgan fingerprint density at radius 1 is 0.964 bits per heavy atom. The molecule has 0 unspecified atom stereocenters. The van der Waals surface area contributed by atoms with Crippen LogP contribution in [0.15, 0.2) is 54.7 Å². The van der Waals surface area contributed by atoms with Crippen LogP contribution in [-0.4, -0.2) is 41.1 Å². The molecule has 0 spiro atoms.